The summed E-state index contributed by atoms with van der Waals surface area (Å²) in [7, 11) is -2.60. The summed E-state index contributed by atoms with van der Waals surface area (Å²) in [5, 5.41) is 14.2. The number of likely N-dealkylation sites (tertiary alicyclic amines) is 1. The first kappa shape index (κ1) is 25.7. The smallest absolute Gasteiger partial charge is 0.420 e. The number of nitro groups is 1. The molecule has 4 rings (SSSR count). The normalized spacial score (nSPS) is 16.6. The molecule has 1 aliphatic rings. The fourth-order valence-corrected chi connectivity index (χ4v) is 6.06. The van der Waals surface area contributed by atoms with Gasteiger partial charge in [0, 0.05) is 30.5 Å². The number of nitrogens with zero attached hydrogens (tertiary/aromatic N) is 2. The molecule has 1 saturated heterocycles. The van der Waals surface area contributed by atoms with Gasteiger partial charge in [0.1, 0.15) is 16.1 Å². The molecule has 0 amide bonds. The second kappa shape index (κ2) is 9.95. The third kappa shape index (κ3) is 5.88. The topological polar surface area (TPSA) is 114 Å². The van der Waals surface area contributed by atoms with E-state index in [0.717, 1.165) is 18.2 Å². The molecule has 1 atom stereocenters. The van der Waals surface area contributed by atoms with Crippen molar-refractivity contribution in [2.45, 2.75) is 22.9 Å². The van der Waals surface area contributed by atoms with Crippen LogP contribution in [0, 0.1) is 10.1 Å². The molecule has 0 unspecified atom stereocenters. The predicted molar refractivity (Wildman–Crippen MR) is 129 cm³/mol. The summed E-state index contributed by atoms with van der Waals surface area (Å²) in [6.45, 7) is 1.17. The van der Waals surface area contributed by atoms with Crippen LogP contribution in [0.3, 0.4) is 0 Å². The quantitative estimate of drug-likeness (QED) is 0.293. The molecular weight excluding hydrogens is 521 g/mol. The molecule has 14 heteroatoms. The van der Waals surface area contributed by atoms with Gasteiger partial charge in [0.25, 0.3) is 10.0 Å². The highest BCUT2D eigenvalue weighted by Gasteiger charge is 2.36. The number of para-hydroxylation sites is 1. The van der Waals surface area contributed by atoms with Crippen molar-refractivity contribution in [3.8, 4) is 5.75 Å². The molecule has 2 aromatic carbocycles. The van der Waals surface area contributed by atoms with Gasteiger partial charge >= 0.3 is 11.9 Å². The van der Waals surface area contributed by atoms with Crippen molar-refractivity contribution in [1.29, 1.82) is 0 Å². The number of rotatable bonds is 8. The molecule has 2 N–H and O–H groups in total. The van der Waals surface area contributed by atoms with Crippen LogP contribution >= 0.6 is 11.3 Å². The van der Waals surface area contributed by atoms with Gasteiger partial charge in [-0.2, -0.15) is 13.2 Å². The highest BCUT2D eigenvalue weighted by Crippen LogP contribution is 2.41. The lowest BCUT2D eigenvalue weighted by Crippen LogP contribution is -2.23. The largest absolute Gasteiger partial charge is 0.488 e. The van der Waals surface area contributed by atoms with Crippen molar-refractivity contribution in [1.82, 2.24) is 4.90 Å². The van der Waals surface area contributed by atoms with Crippen LogP contribution in [0.1, 0.15) is 12.0 Å². The van der Waals surface area contributed by atoms with Crippen LogP contribution < -0.4 is 14.8 Å². The maximum Gasteiger partial charge on any atom is 0.420 e. The predicted octanol–water partition coefficient (Wildman–Crippen LogP) is 5.30. The van der Waals surface area contributed by atoms with Gasteiger partial charge in [0.2, 0.25) is 0 Å². The van der Waals surface area contributed by atoms with Crippen molar-refractivity contribution >= 4 is 43.4 Å². The molecule has 0 saturated carbocycles. The first-order valence-corrected chi connectivity index (χ1v) is 12.9. The van der Waals surface area contributed by atoms with E-state index in [2.05, 4.69) is 10.0 Å². The summed E-state index contributed by atoms with van der Waals surface area (Å²) >= 11 is 0.588. The van der Waals surface area contributed by atoms with Crippen molar-refractivity contribution < 1.29 is 31.2 Å². The van der Waals surface area contributed by atoms with E-state index < -0.39 is 48.4 Å². The van der Waals surface area contributed by atoms with Gasteiger partial charge < -0.3 is 15.0 Å². The fraction of sp³-hybridized carbons (Fsp3) is 0.273. The van der Waals surface area contributed by atoms with Crippen LogP contribution in [0.2, 0.25) is 0 Å². The van der Waals surface area contributed by atoms with E-state index in [1.54, 1.807) is 30.3 Å². The Hall–Kier alpha value is -3.36. The molecule has 1 aliphatic heterocycles. The van der Waals surface area contributed by atoms with Gasteiger partial charge in [0.15, 0.2) is 5.00 Å². The molecule has 3 aromatic rings. The van der Waals surface area contributed by atoms with Crippen LogP contribution in [0.5, 0.6) is 5.75 Å². The number of anilines is 3. The van der Waals surface area contributed by atoms with Gasteiger partial charge in [-0.1, -0.05) is 29.5 Å². The molecule has 192 valence electrons. The zero-order valence-corrected chi connectivity index (χ0v) is 20.4. The van der Waals surface area contributed by atoms with E-state index in [9.17, 15) is 31.7 Å². The van der Waals surface area contributed by atoms with E-state index in [0.29, 0.717) is 42.6 Å². The third-order valence-corrected chi connectivity index (χ3v) is 8.26. The number of nitrogens with one attached hydrogen (secondary N) is 2. The van der Waals surface area contributed by atoms with Crippen LogP contribution in [-0.2, 0) is 16.2 Å². The van der Waals surface area contributed by atoms with Crippen molar-refractivity contribution in [3.63, 3.8) is 0 Å². The molecular formula is C22H21F3N4O5S2. The second-order valence-electron chi connectivity index (χ2n) is 8.13. The van der Waals surface area contributed by atoms with Crippen LogP contribution in [0.25, 0.3) is 0 Å². The van der Waals surface area contributed by atoms with E-state index in [1.165, 1.54) is 0 Å². The van der Waals surface area contributed by atoms with Crippen LogP contribution in [0.4, 0.5) is 35.2 Å². The van der Waals surface area contributed by atoms with Crippen LogP contribution in [0.15, 0.2) is 58.8 Å². The highest BCUT2D eigenvalue weighted by molar-refractivity contribution is 7.94. The number of hydrogen-bond acceptors (Lipinski definition) is 8. The molecule has 1 aromatic heterocycles. The van der Waals surface area contributed by atoms with Gasteiger partial charge in [-0.3, -0.25) is 14.8 Å². The van der Waals surface area contributed by atoms with Crippen molar-refractivity contribution in [2.75, 3.05) is 30.2 Å². The Kier molecular flexibility index (Phi) is 7.11. The van der Waals surface area contributed by atoms with Crippen molar-refractivity contribution in [2.24, 2.45) is 0 Å². The summed E-state index contributed by atoms with van der Waals surface area (Å²) in [5.74, 6) is -0.396. The zero-order chi connectivity index (χ0) is 26.1. The minimum absolute atomic E-state index is 0.0344. The molecule has 2 heterocycles. The monoisotopic (exact) mass is 542 g/mol. The fourth-order valence-electron chi connectivity index (χ4n) is 3.66. The molecule has 0 spiro atoms. The first-order chi connectivity index (χ1) is 16.9. The van der Waals surface area contributed by atoms with Gasteiger partial charge in [-0.25, -0.2) is 8.42 Å². The number of alkyl halides is 3. The Bertz CT molecular complexity index is 1360. The molecule has 0 radical (unpaired) electrons. The zero-order valence-electron chi connectivity index (χ0n) is 18.8. The number of ether oxygens (including phenoxy) is 1. The number of halogens is 3. The summed E-state index contributed by atoms with van der Waals surface area (Å²) in [4.78, 5) is 12.7. The Balaban J connectivity index is 1.61. The lowest BCUT2D eigenvalue weighted by molar-refractivity contribution is -0.383. The summed E-state index contributed by atoms with van der Waals surface area (Å²) in [6, 6.07) is 12.1. The average molecular weight is 543 g/mol. The minimum Gasteiger partial charge on any atom is -0.488 e. The number of benzene rings is 2. The average Bonchev–Trinajstić information content (AvgIpc) is 3.41. The Morgan fingerprint density at radius 2 is 1.86 bits per heavy atom. The summed E-state index contributed by atoms with van der Waals surface area (Å²) in [6.07, 6.45) is -4.64. The number of sulfonamides is 1. The summed E-state index contributed by atoms with van der Waals surface area (Å²) < 4.78 is 74.3. The van der Waals surface area contributed by atoms with Gasteiger partial charge in [-0.15, -0.1) is 0 Å². The van der Waals surface area contributed by atoms with Gasteiger partial charge in [-0.05, 0) is 43.8 Å². The first-order valence-electron chi connectivity index (χ1n) is 10.6. The number of hydrogen-bond donors (Lipinski definition) is 2. The third-order valence-electron chi connectivity index (χ3n) is 5.36. The van der Waals surface area contributed by atoms with E-state index in [-0.39, 0.29) is 10.7 Å². The second-order valence-corrected chi connectivity index (χ2v) is 11.1. The van der Waals surface area contributed by atoms with E-state index >= 15 is 0 Å². The van der Waals surface area contributed by atoms with E-state index in [4.69, 9.17) is 4.74 Å². The maximum absolute atomic E-state index is 13.7. The maximum atomic E-state index is 13.7. The lowest BCUT2D eigenvalue weighted by Gasteiger charge is -2.19. The highest BCUT2D eigenvalue weighted by atomic mass is 32.2. The Morgan fingerprint density at radius 3 is 2.47 bits per heavy atom. The lowest BCUT2D eigenvalue weighted by atomic mass is 10.1. The standard InChI is InChI=1S/C22H21F3N4O5S2/c1-28-10-9-16(13-28)34-19-8-7-15(11-17(19)22(23,24)25)27-36(32,33)20-12-18(29(30)31)21(35-20)26-14-5-3-2-4-6-14/h2-8,11-12,16,26-27H,9-10,13H2,1H3/t16-/m1/s1. The van der Waals surface area contributed by atoms with Crippen molar-refractivity contribution in [3.05, 3.63) is 70.3 Å². The Labute approximate surface area is 208 Å². The molecule has 9 nitrogen and oxygen atoms in total. The SMILES string of the molecule is CN1CC[C@@H](Oc2ccc(NS(=O)(=O)c3cc([N+](=O)[O-])c(Nc4ccccc4)s3)cc2C(F)(F)F)C1. The Morgan fingerprint density at radius 1 is 1.14 bits per heavy atom. The van der Waals surface area contributed by atoms with Crippen LogP contribution in [-0.4, -0.2) is 44.5 Å². The molecule has 0 aliphatic carbocycles. The summed E-state index contributed by atoms with van der Waals surface area (Å²) in [5.41, 5.74) is -1.46. The van der Waals surface area contributed by atoms with Gasteiger partial charge in [0.05, 0.1) is 10.5 Å². The van der Waals surface area contributed by atoms with E-state index in [1.807, 2.05) is 11.9 Å². The number of thiophene rings is 1. The minimum atomic E-state index is -4.80. The molecule has 36 heavy (non-hydrogen) atoms. The molecule has 1 fully saturated rings. The number of likely N-dealkylation sites (N-methyl/N-ethyl adjacent to an activating group) is 1. The molecule has 0 bridgehead atoms.